The fourth-order valence-electron chi connectivity index (χ4n) is 15.6. The lowest BCUT2D eigenvalue weighted by molar-refractivity contribution is -0.391. The molecule has 13 fully saturated rings. The molecular formula is C43H62O10. The molecule has 2 N–H and O–H groups in total. The van der Waals surface area contributed by atoms with Gasteiger partial charge in [-0.15, -0.1) is 0 Å². The first kappa shape index (κ1) is 35.6. The highest BCUT2D eigenvalue weighted by atomic mass is 16.7. The highest BCUT2D eigenvalue weighted by Crippen LogP contribution is 2.67. The van der Waals surface area contributed by atoms with Crippen LogP contribution in [0, 0.1) is 68.5 Å². The summed E-state index contributed by atoms with van der Waals surface area (Å²) in [5.41, 5.74) is -4.39. The van der Waals surface area contributed by atoms with Crippen molar-refractivity contribution in [2.24, 2.45) is 68.5 Å². The number of carbonyl (C=O) groups is 3. The number of hydrogen-bond donors (Lipinski definition) is 2. The minimum absolute atomic E-state index is 0.00785. The zero-order chi connectivity index (χ0) is 36.9. The molecular weight excluding hydrogens is 676 g/mol. The summed E-state index contributed by atoms with van der Waals surface area (Å²) >= 11 is 0. The summed E-state index contributed by atoms with van der Waals surface area (Å²) in [6.45, 7) is 7.10. The van der Waals surface area contributed by atoms with Crippen LogP contribution in [0.4, 0.5) is 0 Å². The van der Waals surface area contributed by atoms with E-state index in [0.29, 0.717) is 61.9 Å². The van der Waals surface area contributed by atoms with Crippen LogP contribution >= 0.6 is 0 Å². The number of carbonyl (C=O) groups excluding carboxylic acids is 3. The van der Waals surface area contributed by atoms with Crippen LogP contribution in [-0.2, 0) is 38.1 Å². The maximum absolute atomic E-state index is 14.1. The summed E-state index contributed by atoms with van der Waals surface area (Å²) in [6, 6.07) is 0. The first-order valence-corrected chi connectivity index (χ1v) is 21.2. The Balaban J connectivity index is 0.871. The number of esters is 3. The molecule has 1 aliphatic heterocycles. The number of rotatable bonds is 8. The average Bonchev–Trinajstić information content (AvgIpc) is 3.05. The molecule has 12 saturated carbocycles. The molecule has 1 spiro atoms. The van der Waals surface area contributed by atoms with E-state index >= 15 is 0 Å². The third kappa shape index (κ3) is 5.70. The molecule has 6 atom stereocenters. The number of hydrogen-bond acceptors (Lipinski definition) is 10. The van der Waals surface area contributed by atoms with Crippen LogP contribution in [-0.4, -0.2) is 78.1 Å². The molecule has 12 aliphatic carbocycles. The van der Waals surface area contributed by atoms with Crippen molar-refractivity contribution in [3.63, 3.8) is 0 Å². The molecule has 0 aromatic carbocycles. The summed E-state index contributed by atoms with van der Waals surface area (Å²) in [7, 11) is 0. The smallest absolute Gasteiger partial charge is 0.312 e. The molecule has 0 amide bonds. The van der Waals surface area contributed by atoms with Gasteiger partial charge in [0.2, 0.25) is 0 Å². The lowest BCUT2D eigenvalue weighted by Gasteiger charge is -2.65. The Hall–Kier alpha value is -1.75. The summed E-state index contributed by atoms with van der Waals surface area (Å²) < 4.78 is 32.5. The van der Waals surface area contributed by atoms with Crippen LogP contribution in [0.1, 0.15) is 130 Å². The van der Waals surface area contributed by atoms with E-state index in [9.17, 15) is 24.6 Å². The van der Waals surface area contributed by atoms with Gasteiger partial charge in [-0.2, -0.15) is 0 Å². The van der Waals surface area contributed by atoms with E-state index in [2.05, 4.69) is 20.8 Å². The van der Waals surface area contributed by atoms with Crippen LogP contribution in [0.5, 0.6) is 0 Å². The van der Waals surface area contributed by atoms with Gasteiger partial charge in [0.1, 0.15) is 13.2 Å². The first-order valence-electron chi connectivity index (χ1n) is 21.2. The van der Waals surface area contributed by atoms with Gasteiger partial charge in [0.15, 0.2) is 5.79 Å². The van der Waals surface area contributed by atoms with Gasteiger partial charge in [0.25, 0.3) is 0 Å². The van der Waals surface area contributed by atoms with Crippen LogP contribution in [0.15, 0.2) is 0 Å². The maximum Gasteiger partial charge on any atom is 0.312 e. The van der Waals surface area contributed by atoms with Gasteiger partial charge >= 0.3 is 17.9 Å². The average molecular weight is 739 g/mol. The Kier molecular flexibility index (Phi) is 7.69. The Morgan fingerprint density at radius 1 is 0.566 bits per heavy atom. The Morgan fingerprint density at radius 3 is 1.40 bits per heavy atom. The van der Waals surface area contributed by atoms with Crippen LogP contribution < -0.4 is 0 Å². The molecule has 13 rings (SSSR count). The molecule has 0 aromatic heterocycles. The third-order valence-corrected chi connectivity index (χ3v) is 16.5. The van der Waals surface area contributed by atoms with Crippen molar-refractivity contribution in [1.82, 2.24) is 0 Å². The van der Waals surface area contributed by atoms with Gasteiger partial charge in [0, 0.05) is 11.8 Å². The number of aliphatic hydroxyl groups is 2. The fraction of sp³-hybridized carbons (Fsp3) is 0.930. The largest absolute Gasteiger partial charge is 0.465 e. The van der Waals surface area contributed by atoms with Crippen molar-refractivity contribution >= 4 is 17.9 Å². The minimum atomic E-state index is -0.896. The van der Waals surface area contributed by atoms with Gasteiger partial charge < -0.3 is 33.9 Å². The summed E-state index contributed by atoms with van der Waals surface area (Å²) in [5, 5.41) is 22.7. The normalized spacial score (nSPS) is 52.6. The number of ether oxygens (including phenoxy) is 5. The van der Waals surface area contributed by atoms with E-state index in [0.717, 1.165) is 83.5 Å². The third-order valence-electron chi connectivity index (χ3n) is 16.5. The van der Waals surface area contributed by atoms with Crippen LogP contribution in [0.3, 0.4) is 0 Å². The minimum Gasteiger partial charge on any atom is -0.465 e. The van der Waals surface area contributed by atoms with Crippen molar-refractivity contribution in [3.8, 4) is 0 Å². The van der Waals surface area contributed by atoms with Gasteiger partial charge in [-0.05, 0) is 144 Å². The van der Waals surface area contributed by atoms with Crippen LogP contribution in [0.25, 0.3) is 0 Å². The molecule has 294 valence electrons. The summed E-state index contributed by atoms with van der Waals surface area (Å²) in [5.74, 6) is 0.567. The topological polar surface area (TPSA) is 138 Å². The summed E-state index contributed by atoms with van der Waals surface area (Å²) in [6.07, 6.45) is 13.4. The molecule has 10 heteroatoms. The van der Waals surface area contributed by atoms with E-state index in [1.807, 2.05) is 0 Å². The molecule has 53 heavy (non-hydrogen) atoms. The first-order chi connectivity index (χ1) is 24.9. The second-order valence-corrected chi connectivity index (χ2v) is 22.6. The lowest BCUT2D eigenvalue weighted by Crippen LogP contribution is -2.68. The van der Waals surface area contributed by atoms with E-state index in [1.165, 1.54) is 0 Å². The Bertz CT molecular complexity index is 1440. The molecule has 1 heterocycles. The lowest BCUT2D eigenvalue weighted by atomic mass is 9.47. The monoisotopic (exact) mass is 738 g/mol. The molecule has 1 saturated heterocycles. The van der Waals surface area contributed by atoms with Crippen molar-refractivity contribution < 1.29 is 48.3 Å². The predicted molar refractivity (Wildman–Crippen MR) is 190 cm³/mol. The zero-order valence-electron chi connectivity index (χ0n) is 32.3. The predicted octanol–water partition coefficient (Wildman–Crippen LogP) is 5.88. The van der Waals surface area contributed by atoms with E-state index in [1.54, 1.807) is 0 Å². The van der Waals surface area contributed by atoms with E-state index < -0.39 is 38.6 Å². The molecule has 10 nitrogen and oxygen atoms in total. The molecule has 6 unspecified atom stereocenters. The highest BCUT2D eigenvalue weighted by molar-refractivity contribution is 5.79. The van der Waals surface area contributed by atoms with Gasteiger partial charge in [0.05, 0.1) is 52.7 Å². The van der Waals surface area contributed by atoms with Crippen molar-refractivity contribution in [2.45, 2.75) is 147 Å². The second kappa shape index (κ2) is 11.4. The SMILES string of the molecule is CC(C)(C)COC(=O)C12CC3CC(C1)C1(OCC(COC(=O)C45CC6CC(CC(O)(C6)C4)C5)(COC(=O)C45CC6CC(CC(O)(C6)C4)C5)CO1)C(C3)C2. The fourth-order valence-corrected chi connectivity index (χ4v) is 15.6. The van der Waals surface area contributed by atoms with E-state index in [-0.39, 0.29) is 61.6 Å². The van der Waals surface area contributed by atoms with Crippen molar-refractivity contribution in [3.05, 3.63) is 0 Å². The van der Waals surface area contributed by atoms with Gasteiger partial charge in [-0.3, -0.25) is 14.4 Å². The maximum atomic E-state index is 14.1. The standard InChI is InChI=1S/C43H62O10/c1-36(2,3)21-49-33(44)38-8-26-6-31(17-38)43(32(7-26)18-38)52-24-37(25-53-43,22-50-34(45)39-9-27-4-28(10-39)14-41(47,13-27)19-39)23-51-35(46)40-11-29-5-30(12-40)16-42(48,15-29)20-40/h26-32,47-48H,4-25H2,1-3H3. The molecule has 0 radical (unpaired) electrons. The highest BCUT2D eigenvalue weighted by Gasteiger charge is 2.69. The van der Waals surface area contributed by atoms with E-state index in [4.69, 9.17) is 23.7 Å². The molecule has 12 bridgehead atoms. The quantitative estimate of drug-likeness (QED) is 0.230. The van der Waals surface area contributed by atoms with Gasteiger partial charge in [-0.1, -0.05) is 20.8 Å². The summed E-state index contributed by atoms with van der Waals surface area (Å²) in [4.78, 5) is 42.0. The Labute approximate surface area is 314 Å². The Morgan fingerprint density at radius 2 is 0.981 bits per heavy atom. The van der Waals surface area contributed by atoms with Crippen molar-refractivity contribution in [2.75, 3.05) is 33.0 Å². The zero-order valence-corrected chi connectivity index (χ0v) is 32.3. The second-order valence-electron chi connectivity index (χ2n) is 22.6. The van der Waals surface area contributed by atoms with Gasteiger partial charge in [-0.25, -0.2) is 0 Å². The molecule has 13 aliphatic rings. The van der Waals surface area contributed by atoms with Crippen LogP contribution in [0.2, 0.25) is 0 Å². The van der Waals surface area contributed by atoms with Crippen molar-refractivity contribution in [1.29, 1.82) is 0 Å². The molecule has 0 aromatic rings.